The lowest BCUT2D eigenvalue weighted by Gasteiger charge is -2.57. The predicted octanol–water partition coefficient (Wildman–Crippen LogP) is 13.3. The Morgan fingerprint density at radius 3 is 2.09 bits per heavy atom. The Morgan fingerprint density at radius 2 is 1.40 bits per heavy atom. The maximum atomic E-state index is 2.81. The molecule has 0 aromatic heterocycles. The SMILES string of the molecule is CC(C)CCCCC1C(C)CC(C(C)C2CCBCC(C)(C)C(C)(C)CCC2)C(C2CCCCC2C)C1C1CCCCC1. The van der Waals surface area contributed by atoms with Crippen molar-refractivity contribution in [3.8, 4) is 0 Å². The lowest BCUT2D eigenvalue weighted by molar-refractivity contribution is -0.0830. The van der Waals surface area contributed by atoms with Gasteiger partial charge < -0.3 is 0 Å². The van der Waals surface area contributed by atoms with Crippen LogP contribution in [0.1, 0.15) is 178 Å². The van der Waals surface area contributed by atoms with E-state index in [4.69, 9.17) is 0 Å². The van der Waals surface area contributed by atoms with Gasteiger partial charge in [0.05, 0.1) is 0 Å². The second-order valence-corrected chi connectivity index (χ2v) is 19.2. The van der Waals surface area contributed by atoms with Gasteiger partial charge in [0.1, 0.15) is 7.28 Å². The molecule has 250 valence electrons. The van der Waals surface area contributed by atoms with Crippen LogP contribution >= 0.6 is 0 Å². The number of hydrogen-bond donors (Lipinski definition) is 0. The largest absolute Gasteiger partial charge is 0.121 e. The molecule has 3 saturated carbocycles. The van der Waals surface area contributed by atoms with Crippen LogP contribution in [0.2, 0.25) is 12.6 Å². The molecule has 0 N–H and O–H groups in total. The number of unbranched alkanes of at least 4 members (excludes halogenated alkanes) is 1. The third-order valence-electron chi connectivity index (χ3n) is 15.5. The minimum Gasteiger partial charge on any atom is -0.0771 e. The van der Waals surface area contributed by atoms with E-state index in [0.717, 1.165) is 65.1 Å². The molecule has 0 radical (unpaired) electrons. The maximum Gasteiger partial charge on any atom is 0.121 e. The fraction of sp³-hybridized carbons (Fsp3) is 1.00. The van der Waals surface area contributed by atoms with Crippen molar-refractivity contribution in [2.45, 2.75) is 191 Å². The summed E-state index contributed by atoms with van der Waals surface area (Å²) in [6.07, 6.45) is 30.1. The van der Waals surface area contributed by atoms with Crippen LogP contribution in [-0.4, -0.2) is 7.28 Å². The Kier molecular flexibility index (Phi) is 13.6. The lowest BCUT2D eigenvalue weighted by Crippen LogP contribution is -2.50. The standard InChI is InChI=1S/C42H79B/c1-30(2)18-13-15-24-37-32(4)28-38(33(5)34-22-17-26-41(6,7)42(8,9)29-43-27-25-34)40(36-23-16-14-19-31(36)3)39(37)35-20-11-10-12-21-35/h30-40,43H,10-29H2,1-9H3. The smallest absolute Gasteiger partial charge is 0.0771 e. The summed E-state index contributed by atoms with van der Waals surface area (Å²) >= 11 is 0. The van der Waals surface area contributed by atoms with Gasteiger partial charge in [-0.3, -0.25) is 0 Å². The topological polar surface area (TPSA) is 0 Å². The summed E-state index contributed by atoms with van der Waals surface area (Å²) in [6.45, 7) is 23.4. The van der Waals surface area contributed by atoms with Gasteiger partial charge >= 0.3 is 0 Å². The molecule has 1 heterocycles. The van der Waals surface area contributed by atoms with Crippen molar-refractivity contribution < 1.29 is 0 Å². The van der Waals surface area contributed by atoms with Crippen molar-refractivity contribution in [3.63, 3.8) is 0 Å². The minimum atomic E-state index is 0.465. The molecule has 1 saturated heterocycles. The monoisotopic (exact) mass is 595 g/mol. The van der Waals surface area contributed by atoms with Gasteiger partial charge in [0.2, 0.25) is 0 Å². The normalized spacial score (nSPS) is 38.7. The van der Waals surface area contributed by atoms with Crippen molar-refractivity contribution in [1.29, 1.82) is 0 Å². The highest BCUT2D eigenvalue weighted by Gasteiger charge is 2.51. The summed E-state index contributed by atoms with van der Waals surface area (Å²) in [5.74, 6) is 10.7. The van der Waals surface area contributed by atoms with Crippen LogP contribution in [0.25, 0.3) is 0 Å². The fourth-order valence-electron chi connectivity index (χ4n) is 11.9. The molecule has 0 spiro atoms. The molecular formula is C42H79B. The average molecular weight is 595 g/mol. The zero-order valence-electron chi connectivity index (χ0n) is 31.2. The van der Waals surface area contributed by atoms with Gasteiger partial charge in [0.25, 0.3) is 0 Å². The first-order valence-corrected chi connectivity index (χ1v) is 20.4. The molecule has 9 unspecified atom stereocenters. The third-order valence-corrected chi connectivity index (χ3v) is 15.5. The summed E-state index contributed by atoms with van der Waals surface area (Å²) in [7, 11) is 1.45. The van der Waals surface area contributed by atoms with Crippen molar-refractivity contribution in [3.05, 3.63) is 0 Å². The molecule has 0 amide bonds. The summed E-state index contributed by atoms with van der Waals surface area (Å²) in [6, 6.07) is 0. The van der Waals surface area contributed by atoms with Crippen molar-refractivity contribution >= 4 is 7.28 Å². The molecule has 9 atom stereocenters. The average Bonchev–Trinajstić information content (AvgIpc) is 2.96. The quantitative estimate of drug-likeness (QED) is 0.184. The van der Waals surface area contributed by atoms with E-state index in [1.165, 1.54) is 103 Å². The highest BCUT2D eigenvalue weighted by atomic mass is 14.6. The molecule has 0 aromatic carbocycles. The van der Waals surface area contributed by atoms with E-state index in [0.29, 0.717) is 10.8 Å². The molecule has 4 rings (SSSR count). The molecule has 1 aliphatic heterocycles. The minimum absolute atomic E-state index is 0.465. The lowest BCUT2D eigenvalue weighted by atomic mass is 9.47. The van der Waals surface area contributed by atoms with Gasteiger partial charge in [-0.05, 0) is 102 Å². The fourth-order valence-corrected chi connectivity index (χ4v) is 11.9. The summed E-state index contributed by atoms with van der Waals surface area (Å²) in [5, 5.41) is 0. The van der Waals surface area contributed by atoms with Crippen LogP contribution in [0, 0.1) is 75.9 Å². The van der Waals surface area contributed by atoms with Gasteiger partial charge in [-0.15, -0.1) is 0 Å². The molecule has 4 aliphatic rings. The molecule has 3 aliphatic carbocycles. The van der Waals surface area contributed by atoms with Crippen molar-refractivity contribution in [2.24, 2.45) is 75.9 Å². The van der Waals surface area contributed by atoms with Gasteiger partial charge in [-0.1, -0.05) is 165 Å². The second kappa shape index (κ2) is 16.3. The van der Waals surface area contributed by atoms with Crippen LogP contribution in [0.5, 0.6) is 0 Å². The Bertz CT molecular complexity index is 789. The number of rotatable bonds is 9. The molecule has 4 fully saturated rings. The van der Waals surface area contributed by atoms with Crippen molar-refractivity contribution in [1.82, 2.24) is 0 Å². The Morgan fingerprint density at radius 1 is 0.698 bits per heavy atom. The Hall–Kier alpha value is 0.0649. The zero-order chi connectivity index (χ0) is 31.2. The van der Waals surface area contributed by atoms with Gasteiger partial charge in [0.15, 0.2) is 0 Å². The first-order chi connectivity index (χ1) is 20.4. The van der Waals surface area contributed by atoms with E-state index < -0.39 is 0 Å². The van der Waals surface area contributed by atoms with Crippen LogP contribution in [0.3, 0.4) is 0 Å². The first-order valence-electron chi connectivity index (χ1n) is 20.4. The van der Waals surface area contributed by atoms with Gasteiger partial charge in [-0.2, -0.15) is 0 Å². The van der Waals surface area contributed by atoms with Crippen LogP contribution in [-0.2, 0) is 0 Å². The Labute approximate surface area is 273 Å². The predicted molar refractivity (Wildman–Crippen MR) is 194 cm³/mol. The second-order valence-electron chi connectivity index (χ2n) is 19.2. The van der Waals surface area contributed by atoms with Crippen LogP contribution in [0.4, 0.5) is 0 Å². The summed E-state index contributed by atoms with van der Waals surface area (Å²) in [5.41, 5.74) is 0.941. The molecule has 43 heavy (non-hydrogen) atoms. The zero-order valence-corrected chi connectivity index (χ0v) is 31.2. The van der Waals surface area contributed by atoms with E-state index in [9.17, 15) is 0 Å². The van der Waals surface area contributed by atoms with E-state index in [2.05, 4.69) is 62.3 Å². The highest BCUT2D eigenvalue weighted by Crippen LogP contribution is 2.59. The van der Waals surface area contributed by atoms with Gasteiger partial charge in [-0.25, -0.2) is 0 Å². The van der Waals surface area contributed by atoms with E-state index >= 15 is 0 Å². The molecule has 0 aromatic rings. The van der Waals surface area contributed by atoms with Crippen LogP contribution in [0.15, 0.2) is 0 Å². The Balaban J connectivity index is 1.62. The third kappa shape index (κ3) is 9.12. The van der Waals surface area contributed by atoms with Gasteiger partial charge in [0, 0.05) is 0 Å². The summed E-state index contributed by atoms with van der Waals surface area (Å²) in [4.78, 5) is 0. The molecule has 0 bridgehead atoms. The molecule has 1 heteroatoms. The maximum absolute atomic E-state index is 2.81. The van der Waals surface area contributed by atoms with Crippen LogP contribution < -0.4 is 0 Å². The van der Waals surface area contributed by atoms with E-state index in [-0.39, 0.29) is 0 Å². The highest BCUT2D eigenvalue weighted by molar-refractivity contribution is 6.35. The van der Waals surface area contributed by atoms with E-state index in [1.807, 2.05) is 0 Å². The van der Waals surface area contributed by atoms with E-state index in [1.54, 1.807) is 32.1 Å². The molecular weight excluding hydrogens is 515 g/mol. The number of hydrogen-bond acceptors (Lipinski definition) is 0. The van der Waals surface area contributed by atoms with Crippen molar-refractivity contribution in [2.75, 3.05) is 0 Å². The molecule has 0 nitrogen and oxygen atoms in total. The first kappa shape index (κ1) is 35.9. The summed E-state index contributed by atoms with van der Waals surface area (Å²) < 4.78 is 0.